The first-order valence-corrected chi connectivity index (χ1v) is 50.0. The third kappa shape index (κ3) is 71.0. The number of ether oxygens (including phenoxy) is 7. The molecule has 46 nitrogen and oxygen atoms in total. The second-order valence-electron chi connectivity index (χ2n) is 34.1. The summed E-state index contributed by atoms with van der Waals surface area (Å²) in [6, 6.07) is 0. The number of nitrogens with zero attached hydrogens (tertiary/aromatic N) is 8. The summed E-state index contributed by atoms with van der Waals surface area (Å²) in [5.74, 6) is -8.70. The van der Waals surface area contributed by atoms with Crippen molar-refractivity contribution in [1.29, 1.82) is 0 Å². The van der Waals surface area contributed by atoms with Crippen LogP contribution >= 0.6 is 0 Å². The molecule has 0 unspecified atom stereocenters. The van der Waals surface area contributed by atoms with Crippen LogP contribution in [-0.2, 0) is 143 Å². The van der Waals surface area contributed by atoms with Gasteiger partial charge in [0.1, 0.15) is 13.2 Å². The molecular weight excluding hydrogens is 1930 g/mol. The quantitative estimate of drug-likeness (QED) is 0.0174. The molecule has 0 atom stereocenters. The molecule has 0 aromatic heterocycles. The summed E-state index contributed by atoms with van der Waals surface area (Å²) in [7, 11) is 3.70. The van der Waals surface area contributed by atoms with Gasteiger partial charge in [-0.15, -0.1) is 0 Å². The number of rotatable bonds is 55. The Hall–Kier alpha value is -14.3. The molecule has 820 valence electrons. The number of unbranched alkanes of at least 4 members (excludes halogenated alkanes) is 12. The van der Waals surface area contributed by atoms with Crippen molar-refractivity contribution in [2.24, 2.45) is 0 Å². The molecule has 8 saturated heterocycles. The Labute approximate surface area is 858 Å². The highest BCUT2D eigenvalue weighted by Crippen LogP contribution is 2.18. The van der Waals surface area contributed by atoms with Gasteiger partial charge >= 0.3 is 65.7 Å². The number of methoxy groups -OCH3 is 3. The fourth-order valence-electron chi connectivity index (χ4n) is 14.5. The largest absolute Gasteiger partial charge is 0.478 e. The summed E-state index contributed by atoms with van der Waals surface area (Å²) in [6.07, 6.45) is 43.4. The number of likely N-dealkylation sites (tertiary alicyclic amines) is 8. The molecule has 0 aromatic carbocycles. The molecule has 8 N–H and O–H groups in total. The summed E-state index contributed by atoms with van der Waals surface area (Å²) in [6.45, 7) is 19.8. The van der Waals surface area contributed by atoms with Crippen LogP contribution in [0.25, 0.3) is 0 Å². The Morgan fingerprint density at radius 1 is 0.245 bits per heavy atom. The van der Waals surface area contributed by atoms with Gasteiger partial charge < -0.3 is 114 Å². The zero-order valence-electron chi connectivity index (χ0n) is 85.4. The van der Waals surface area contributed by atoms with Gasteiger partial charge in [0.2, 0.25) is 70.9 Å². The first kappa shape index (κ1) is 131. The zero-order chi connectivity index (χ0) is 109. The summed E-state index contributed by atoms with van der Waals surface area (Å²) >= 11 is 0. The van der Waals surface area contributed by atoms with Gasteiger partial charge in [0.05, 0.1) is 47.6 Å². The molecule has 12 amide bonds. The van der Waals surface area contributed by atoms with Crippen LogP contribution in [0.2, 0.25) is 0 Å². The number of hydrogen-bond acceptors (Lipinski definition) is 30. The smallest absolute Gasteiger partial charge is 0.331 e. The molecule has 8 fully saturated rings. The first-order valence-electron chi connectivity index (χ1n) is 50.0. The normalized spacial score (nSPS) is 15.3. The van der Waals surface area contributed by atoms with E-state index in [4.69, 9.17) is 39.4 Å². The van der Waals surface area contributed by atoms with Crippen LogP contribution in [0.3, 0.4) is 0 Å². The molecule has 0 aliphatic carbocycles. The van der Waals surface area contributed by atoms with Crippen LogP contribution in [0.5, 0.6) is 0 Å². The number of carboxylic acids is 4. The number of carbonyl (C=O) groups is 23. The number of amides is 12. The Balaban J connectivity index is 0.000000842. The van der Waals surface area contributed by atoms with E-state index in [-0.39, 0.29) is 72.3 Å². The van der Waals surface area contributed by atoms with E-state index >= 15 is 0 Å². The third-order valence-corrected chi connectivity index (χ3v) is 22.4. The lowest BCUT2D eigenvalue weighted by atomic mass is 10.2. The molecule has 8 rings (SSSR count). The monoisotopic (exact) mass is 2080 g/mol. The highest BCUT2D eigenvalue weighted by molar-refractivity contribution is 5.97. The van der Waals surface area contributed by atoms with Crippen LogP contribution in [0.4, 0.5) is 0 Å². The fourth-order valence-corrected chi connectivity index (χ4v) is 14.5. The molecule has 8 aliphatic heterocycles. The lowest BCUT2D eigenvalue weighted by Gasteiger charge is -2.20. The molecule has 0 bridgehead atoms. The van der Waals surface area contributed by atoms with Crippen molar-refractivity contribution in [2.75, 3.05) is 179 Å². The van der Waals surface area contributed by atoms with Gasteiger partial charge in [-0.05, 0) is 129 Å². The minimum atomic E-state index is -1.20. The van der Waals surface area contributed by atoms with Gasteiger partial charge in [0.15, 0.2) is 0 Å². The fraction of sp³-hybridized carbons (Fsp3) is 0.614. The van der Waals surface area contributed by atoms with Gasteiger partial charge in [-0.25, -0.2) is 52.7 Å². The first-order chi connectivity index (χ1) is 70.4. The molecule has 8 heterocycles. The minimum Gasteiger partial charge on any atom is -0.478 e. The third-order valence-electron chi connectivity index (χ3n) is 22.4. The molecule has 0 aromatic rings. The van der Waals surface area contributed by atoms with Gasteiger partial charge in [0, 0.05) is 260 Å². The summed E-state index contributed by atoms with van der Waals surface area (Å²) in [5.41, 5.74) is 0.560. The van der Waals surface area contributed by atoms with Crippen molar-refractivity contribution in [3.05, 3.63) is 97.2 Å². The summed E-state index contributed by atoms with van der Waals surface area (Å²) < 4.78 is 32.3. The van der Waals surface area contributed by atoms with E-state index in [0.717, 1.165) is 311 Å². The minimum absolute atomic E-state index is 0.0554. The Morgan fingerprint density at radius 2 is 0.463 bits per heavy atom. The van der Waals surface area contributed by atoms with Crippen LogP contribution in [0.1, 0.15) is 225 Å². The van der Waals surface area contributed by atoms with Crippen molar-refractivity contribution in [3.8, 4) is 0 Å². The Bertz CT molecular complexity index is 4240. The predicted molar refractivity (Wildman–Crippen MR) is 531 cm³/mol. The number of carboxylic acid groups (broad SMARTS) is 4. The molecule has 147 heavy (non-hydrogen) atoms. The Kier molecular flexibility index (Phi) is 73.8. The standard InChI is InChI=1S/C16H28N2O2.C15H23NO5.C14H22N2O4.C14H21NO5.C11H16N2O4.C11H15NO5.C10H14N2O4.C10H13NO5/c1-14(2)16(20)17-11-7-3-4-8-12-18-13-9-5-6-10-15(18)19;1-20-14(18)8-9-15(19)21-12-5-3-2-4-10-16-11-6-7-13(16)17;17-12(7-8-14(19)20)15-9-3-1-2-4-10-16-11-5-6-13(16)18;16-12-6-5-10-15(12)9-3-1-2-4-11-20-14(19)8-7-13(17)18;1-17-11(16)5-4-9(14)12-6-8-13-7-2-3-10(13)15;1-16-10(14)4-5-11(15)17-8-7-12-6-2-3-9(12)13;13-8(3-4-10(15)16)11-5-7-12-6-1-2-9(12)14;12-8-2-1-5-11(8)6-7-16-10(15)4-3-9(13)14/h1,3-13H2,2H3,(H,17,20);8-9H,2-7,10-12H2,1H3;7-8H,1-6,9-11H2,(H,15,17)(H,19,20);7-8H,1-6,9-11H2,(H,17,18);4-5H,2-3,6-8H2,1H3,(H,12,14);4-5H,2-3,6-8H2,1H3;3-4H,1-2,5-7H2,(H,11,13)(H,15,16);3-4H,1-2,5-7H2,(H,13,14). The maximum absolute atomic E-state index is 11.8. The van der Waals surface area contributed by atoms with Crippen molar-refractivity contribution < 1.29 is 164 Å². The highest BCUT2D eigenvalue weighted by Gasteiger charge is 2.26. The average Bonchev–Trinajstić information content (AvgIpc) is 1.80. The summed E-state index contributed by atoms with van der Waals surface area (Å²) in [5, 5.41) is 43.7. The van der Waals surface area contributed by atoms with E-state index in [1.807, 2.05) is 19.6 Å². The zero-order valence-corrected chi connectivity index (χ0v) is 85.4. The number of hydrogen-bond donors (Lipinski definition) is 8. The van der Waals surface area contributed by atoms with E-state index < -0.39 is 71.6 Å². The van der Waals surface area contributed by atoms with Crippen molar-refractivity contribution in [3.63, 3.8) is 0 Å². The van der Waals surface area contributed by atoms with Gasteiger partial charge in [0.25, 0.3) is 0 Å². The lowest BCUT2D eigenvalue weighted by Crippen LogP contribution is -2.34. The van der Waals surface area contributed by atoms with Crippen molar-refractivity contribution >= 4 is 137 Å². The van der Waals surface area contributed by atoms with E-state index in [0.29, 0.717) is 141 Å². The van der Waals surface area contributed by atoms with Crippen LogP contribution in [-0.4, -0.2) is 375 Å². The van der Waals surface area contributed by atoms with Gasteiger partial charge in [-0.3, -0.25) is 57.5 Å². The van der Waals surface area contributed by atoms with Crippen LogP contribution in [0, 0.1) is 0 Å². The highest BCUT2D eigenvalue weighted by atomic mass is 16.6. The van der Waals surface area contributed by atoms with E-state index in [1.54, 1.807) is 26.5 Å². The van der Waals surface area contributed by atoms with Crippen molar-refractivity contribution in [2.45, 2.75) is 225 Å². The Morgan fingerprint density at radius 3 is 0.741 bits per heavy atom. The average molecular weight is 2080 g/mol. The van der Waals surface area contributed by atoms with E-state index in [2.05, 4.69) is 42.1 Å². The number of aliphatic carboxylic acids is 4. The number of esters is 7. The maximum Gasteiger partial charge on any atom is 0.331 e. The van der Waals surface area contributed by atoms with Gasteiger partial charge in [-0.2, -0.15) is 0 Å². The van der Waals surface area contributed by atoms with Crippen LogP contribution in [0.15, 0.2) is 97.2 Å². The molecular formula is C101H152N12O34. The van der Waals surface area contributed by atoms with Crippen LogP contribution < -0.4 is 21.3 Å². The summed E-state index contributed by atoms with van der Waals surface area (Å²) in [4.78, 5) is 267. The number of nitrogens with one attached hydrogen (secondary N) is 4. The maximum atomic E-state index is 11.8. The molecule has 46 heteroatoms. The molecule has 0 spiro atoms. The topological polar surface area (TPSA) is 612 Å². The second-order valence-corrected chi connectivity index (χ2v) is 34.1. The predicted octanol–water partition coefficient (Wildman–Crippen LogP) is 4.86. The molecule has 8 aliphatic rings. The van der Waals surface area contributed by atoms with Gasteiger partial charge in [-0.1, -0.05) is 51.5 Å². The molecule has 0 saturated carbocycles. The molecule has 0 radical (unpaired) electrons. The van der Waals surface area contributed by atoms with E-state index in [1.165, 1.54) is 27.8 Å². The SMILES string of the molecule is C=C(C)C(=O)NCCCCCCN1CCCCCC1=O.COC(=O)C=CC(=O)NCCN1CCCC1=O.COC(=O)C=CC(=O)OCCCCCCN1CCCC1=O.COC(=O)C=CC(=O)OCCN1CCCC1=O.O=C(O)C=CC(=O)NCCCCCCN1CCCC1=O.O=C(O)C=CC(=O)NCCN1CCCC1=O.O=C(O)C=CC(=O)OCCCCCCN1CCCC1=O.O=C(O)C=CC(=O)OCCN1CCCC1=O. The lowest BCUT2D eigenvalue weighted by molar-refractivity contribution is -0.140. The number of carbonyl (C=O) groups excluding carboxylic acids is 19. The van der Waals surface area contributed by atoms with Crippen molar-refractivity contribution in [1.82, 2.24) is 60.5 Å². The van der Waals surface area contributed by atoms with E-state index in [9.17, 15) is 110 Å². The second kappa shape index (κ2) is 83.0.